The molecule has 0 radical (unpaired) electrons. The van der Waals surface area contributed by atoms with Crippen molar-refractivity contribution in [3.63, 3.8) is 0 Å². The minimum atomic E-state index is -4.29. The maximum absolute atomic E-state index is 12.7. The minimum absolute atomic E-state index is 0.0811. The number of rotatable bonds is 45. The first-order valence-electron chi connectivity index (χ1n) is 24.5. The van der Waals surface area contributed by atoms with Crippen LogP contribution in [0, 0.1) is 0 Å². The second-order valence-electron chi connectivity index (χ2n) is 17.5. The molecule has 350 valence electrons. The maximum atomic E-state index is 12.7. The number of unbranched alkanes of at least 4 members (excludes halogenated alkanes) is 21. The van der Waals surface area contributed by atoms with Crippen molar-refractivity contribution in [3.8, 4) is 0 Å². The normalized spacial score (nSPS) is 14.2. The predicted molar refractivity (Wildman–Crippen MR) is 256 cm³/mol. The molecule has 2 unspecified atom stereocenters. The molecule has 0 saturated heterocycles. The van der Waals surface area contributed by atoms with Crippen molar-refractivity contribution in [2.24, 2.45) is 0 Å². The molecule has 0 aromatic rings. The van der Waals surface area contributed by atoms with Gasteiger partial charge in [-0.05, 0) is 83.5 Å². The zero-order chi connectivity index (χ0) is 44.1. The van der Waals surface area contributed by atoms with Gasteiger partial charge in [0.25, 0.3) is 0 Å². The molecular weight excluding hydrogens is 770 g/mol. The number of nitrogens with zero attached hydrogens (tertiary/aromatic N) is 1. The number of esters is 1. The topological polar surface area (TPSA) is 91.3 Å². The number of carbonyl (C=O) groups is 1. The van der Waals surface area contributed by atoms with E-state index in [9.17, 15) is 14.3 Å². The lowest BCUT2D eigenvalue weighted by atomic mass is 10.1. The Hall–Kier alpha value is -1.80. The Morgan fingerprint density at radius 2 is 0.917 bits per heavy atom. The van der Waals surface area contributed by atoms with Gasteiger partial charge in [0.1, 0.15) is 19.3 Å². The molecule has 60 heavy (non-hydrogen) atoms. The van der Waals surface area contributed by atoms with Crippen molar-refractivity contribution in [1.82, 2.24) is 0 Å². The molecule has 9 heteroatoms. The highest BCUT2D eigenvalue weighted by molar-refractivity contribution is 7.47. The highest BCUT2D eigenvalue weighted by Gasteiger charge is 2.26. The van der Waals surface area contributed by atoms with Gasteiger partial charge in [-0.1, -0.05) is 171 Å². The number of phosphoric acid groups is 1. The van der Waals surface area contributed by atoms with E-state index in [2.05, 4.69) is 74.6 Å². The largest absolute Gasteiger partial charge is 0.472 e. The second-order valence-corrected chi connectivity index (χ2v) is 18.9. The maximum Gasteiger partial charge on any atom is 0.472 e. The monoisotopic (exact) mass is 865 g/mol. The fraction of sp³-hybridized carbons (Fsp3) is 0.784. The zero-order valence-corrected chi connectivity index (χ0v) is 40.6. The average Bonchev–Trinajstić information content (AvgIpc) is 3.20. The molecular formula is C51H95NO7P+. The Kier molecular flexibility index (Phi) is 42.5. The molecule has 0 fully saturated rings. The van der Waals surface area contributed by atoms with Crippen LogP contribution in [-0.4, -0.2) is 75.6 Å². The molecule has 0 amide bonds. The fourth-order valence-corrected chi connectivity index (χ4v) is 7.21. The summed E-state index contributed by atoms with van der Waals surface area (Å²) in [7, 11) is 1.64. The minimum Gasteiger partial charge on any atom is -0.457 e. The van der Waals surface area contributed by atoms with Crippen LogP contribution in [0.25, 0.3) is 0 Å². The third kappa shape index (κ3) is 47.3. The zero-order valence-electron chi connectivity index (χ0n) is 39.7. The van der Waals surface area contributed by atoms with Gasteiger partial charge < -0.3 is 18.9 Å². The molecule has 0 heterocycles. The number of phosphoric ester groups is 1. The molecule has 0 bridgehead atoms. The quantitative estimate of drug-likeness (QED) is 0.0214. The van der Waals surface area contributed by atoms with Crippen LogP contribution in [0.5, 0.6) is 0 Å². The summed E-state index contributed by atoms with van der Waals surface area (Å²) in [5.41, 5.74) is 0. The molecule has 0 aliphatic rings. The van der Waals surface area contributed by atoms with E-state index in [0.717, 1.165) is 70.6 Å². The number of allylic oxidation sites excluding steroid dienone is 10. The molecule has 0 aliphatic heterocycles. The molecule has 1 N–H and O–H groups in total. The van der Waals surface area contributed by atoms with Crippen molar-refractivity contribution in [2.45, 2.75) is 206 Å². The first-order chi connectivity index (χ1) is 29.1. The molecule has 0 aromatic heterocycles. The Morgan fingerprint density at radius 1 is 0.517 bits per heavy atom. The summed E-state index contributed by atoms with van der Waals surface area (Å²) in [6, 6.07) is 0. The van der Waals surface area contributed by atoms with Crippen LogP contribution < -0.4 is 0 Å². The molecule has 8 nitrogen and oxygen atoms in total. The van der Waals surface area contributed by atoms with Crippen LogP contribution in [0.1, 0.15) is 200 Å². The Morgan fingerprint density at radius 3 is 1.38 bits per heavy atom. The number of ether oxygens (including phenoxy) is 2. The Labute approximate surface area is 370 Å². The van der Waals surface area contributed by atoms with Gasteiger partial charge in [-0.15, -0.1) is 0 Å². The van der Waals surface area contributed by atoms with Crippen LogP contribution in [0.3, 0.4) is 0 Å². The smallest absolute Gasteiger partial charge is 0.457 e. The molecule has 0 aliphatic carbocycles. The van der Waals surface area contributed by atoms with E-state index in [4.69, 9.17) is 18.5 Å². The molecule has 0 aromatic carbocycles. The Bertz CT molecular complexity index is 1140. The summed E-state index contributed by atoms with van der Waals surface area (Å²) in [5.74, 6) is -0.331. The number of hydrogen-bond donors (Lipinski definition) is 1. The van der Waals surface area contributed by atoms with E-state index in [-0.39, 0.29) is 25.8 Å². The lowest BCUT2D eigenvalue weighted by Gasteiger charge is -2.24. The van der Waals surface area contributed by atoms with E-state index in [0.29, 0.717) is 24.1 Å². The van der Waals surface area contributed by atoms with Gasteiger partial charge in [-0.3, -0.25) is 13.8 Å². The van der Waals surface area contributed by atoms with E-state index in [1.807, 2.05) is 21.1 Å². The van der Waals surface area contributed by atoms with Gasteiger partial charge in [0.2, 0.25) is 0 Å². The number of quaternary nitrogens is 1. The molecule has 0 spiro atoms. The van der Waals surface area contributed by atoms with Crippen molar-refractivity contribution in [1.29, 1.82) is 0 Å². The number of likely N-dealkylation sites (N-methyl/N-ethyl adjacent to an activating group) is 1. The van der Waals surface area contributed by atoms with E-state index in [1.54, 1.807) is 0 Å². The van der Waals surface area contributed by atoms with Gasteiger partial charge >= 0.3 is 13.8 Å². The van der Waals surface area contributed by atoms with Crippen LogP contribution >= 0.6 is 7.82 Å². The first-order valence-corrected chi connectivity index (χ1v) is 26.0. The van der Waals surface area contributed by atoms with Gasteiger partial charge in [0.15, 0.2) is 0 Å². The van der Waals surface area contributed by atoms with Crippen molar-refractivity contribution in [2.75, 3.05) is 54.1 Å². The van der Waals surface area contributed by atoms with Gasteiger partial charge in [-0.25, -0.2) is 4.57 Å². The summed E-state index contributed by atoms with van der Waals surface area (Å²) in [4.78, 5) is 23.0. The molecule has 0 rings (SSSR count). The highest BCUT2D eigenvalue weighted by atomic mass is 31.2. The Balaban J connectivity index is 4.24. The molecule has 2 atom stereocenters. The summed E-state index contributed by atoms with van der Waals surface area (Å²) < 4.78 is 35.1. The molecule has 0 saturated carbocycles. The summed E-state index contributed by atoms with van der Waals surface area (Å²) in [6.45, 7) is 5.55. The average molecular weight is 865 g/mol. The van der Waals surface area contributed by atoms with Crippen LogP contribution in [0.2, 0.25) is 0 Å². The second kappa shape index (κ2) is 43.8. The first kappa shape index (κ1) is 58.2. The SMILES string of the molecule is CCCCCC/C=C\C/C=C\CCCCCCCCOCC(COP(=O)(O)OCC[N+](C)(C)C)OC(=O)CCCCCCCC/C=C\C/C=C\C/C=C\CCCCCCC. The lowest BCUT2D eigenvalue weighted by Crippen LogP contribution is -2.37. The predicted octanol–water partition coefficient (Wildman–Crippen LogP) is 14.9. The van der Waals surface area contributed by atoms with Crippen LogP contribution in [0.4, 0.5) is 0 Å². The van der Waals surface area contributed by atoms with Crippen molar-refractivity contribution in [3.05, 3.63) is 60.8 Å². The van der Waals surface area contributed by atoms with E-state index in [1.165, 1.54) is 109 Å². The highest BCUT2D eigenvalue weighted by Crippen LogP contribution is 2.43. The van der Waals surface area contributed by atoms with Crippen molar-refractivity contribution >= 4 is 13.8 Å². The van der Waals surface area contributed by atoms with Gasteiger partial charge in [0, 0.05) is 13.0 Å². The fourth-order valence-electron chi connectivity index (χ4n) is 6.47. The van der Waals surface area contributed by atoms with Crippen LogP contribution in [-0.2, 0) is 27.9 Å². The van der Waals surface area contributed by atoms with E-state index < -0.39 is 13.9 Å². The number of hydrogen-bond acceptors (Lipinski definition) is 6. The van der Waals surface area contributed by atoms with Crippen LogP contribution in [0.15, 0.2) is 60.8 Å². The lowest BCUT2D eigenvalue weighted by molar-refractivity contribution is -0.870. The third-order valence-corrected chi connectivity index (χ3v) is 11.3. The van der Waals surface area contributed by atoms with Gasteiger partial charge in [0.05, 0.1) is 34.4 Å². The summed E-state index contributed by atoms with van der Waals surface area (Å²) >= 11 is 0. The summed E-state index contributed by atoms with van der Waals surface area (Å²) in [6.07, 6.45) is 55.4. The standard InChI is InChI=1S/C51H94NO7P/c1-6-8-10-12-14-16-18-20-22-24-25-26-27-28-30-32-34-36-38-40-42-44-51(53)59-50(49-58-60(54,55)57-47-45-52(3,4)5)48-56-46-43-41-39-37-35-33-31-29-23-21-19-17-15-13-11-9-7-2/h17-20,23-25,27-29,50H,6-16,21-22,26,30-49H2,1-5H3/p+1/b19-17-,20-18-,25-24-,28-27-,29-23-. The van der Waals surface area contributed by atoms with E-state index >= 15 is 0 Å². The summed E-state index contributed by atoms with van der Waals surface area (Å²) in [5, 5.41) is 0. The van der Waals surface area contributed by atoms with Crippen molar-refractivity contribution < 1.29 is 37.3 Å². The number of carbonyl (C=O) groups excluding carboxylic acids is 1. The third-order valence-electron chi connectivity index (χ3n) is 10.3. The van der Waals surface area contributed by atoms with Gasteiger partial charge in [-0.2, -0.15) is 0 Å².